The minimum absolute atomic E-state index is 0.0312. The summed E-state index contributed by atoms with van der Waals surface area (Å²) in [6, 6.07) is 24.5. The van der Waals surface area contributed by atoms with Crippen molar-refractivity contribution in [2.75, 3.05) is 0 Å². The van der Waals surface area contributed by atoms with Crippen molar-refractivity contribution in [3.8, 4) is 0 Å². The topological polar surface area (TPSA) is 46.9 Å². The summed E-state index contributed by atoms with van der Waals surface area (Å²) in [6.45, 7) is 0.669. The van der Waals surface area contributed by atoms with Gasteiger partial charge in [0, 0.05) is 25.0 Å². The number of nitrogens with zero attached hydrogens (tertiary/aromatic N) is 2. The molecule has 3 aromatic carbocycles. The number of nitrogens with one attached hydrogen (secondary N) is 1. The van der Waals surface area contributed by atoms with Gasteiger partial charge in [0.05, 0.1) is 12.4 Å². The first-order chi connectivity index (χ1) is 14.3. The van der Waals surface area contributed by atoms with Crippen molar-refractivity contribution in [3.63, 3.8) is 0 Å². The summed E-state index contributed by atoms with van der Waals surface area (Å²) < 4.78 is 1.99. The van der Waals surface area contributed by atoms with E-state index in [1.807, 2.05) is 59.3 Å². The lowest BCUT2D eigenvalue weighted by atomic mass is 10.0. The van der Waals surface area contributed by atoms with Crippen molar-refractivity contribution in [2.45, 2.75) is 19.0 Å². The number of aromatic nitrogens is 2. The van der Waals surface area contributed by atoms with Gasteiger partial charge >= 0.3 is 0 Å². The van der Waals surface area contributed by atoms with Gasteiger partial charge in [-0.2, -0.15) is 0 Å². The minimum atomic E-state index is -0.0982. The van der Waals surface area contributed by atoms with Crippen molar-refractivity contribution in [1.82, 2.24) is 14.9 Å². The predicted molar refractivity (Wildman–Crippen MR) is 117 cm³/mol. The fourth-order valence-corrected chi connectivity index (χ4v) is 3.52. The molecule has 4 heteroatoms. The standard InChI is InChI=1S/C25H23N3O/c29-25(14-13-22-11-6-10-21-9-4-5-12-24(21)22)27-23(18-28-16-15-26-19-28)17-20-7-2-1-3-8-20/h1-16,19,23H,17-18H2,(H,27,29)/b14-13+. The molecule has 0 saturated carbocycles. The summed E-state index contributed by atoms with van der Waals surface area (Å²) in [5, 5.41) is 5.45. The highest BCUT2D eigenvalue weighted by Crippen LogP contribution is 2.19. The van der Waals surface area contributed by atoms with E-state index in [2.05, 4.69) is 40.6 Å². The van der Waals surface area contributed by atoms with Gasteiger partial charge in [0.2, 0.25) is 5.91 Å². The molecular formula is C25H23N3O. The monoisotopic (exact) mass is 381 g/mol. The van der Waals surface area contributed by atoms with Crippen LogP contribution in [0.15, 0.2) is 97.6 Å². The Morgan fingerprint density at radius 3 is 2.62 bits per heavy atom. The molecule has 4 rings (SSSR count). The number of imidazole rings is 1. The molecule has 0 aliphatic carbocycles. The average Bonchev–Trinajstić information content (AvgIpc) is 3.26. The molecule has 29 heavy (non-hydrogen) atoms. The van der Waals surface area contributed by atoms with E-state index in [1.54, 1.807) is 18.6 Å². The molecule has 1 aromatic heterocycles. The van der Waals surface area contributed by atoms with Crippen LogP contribution in [-0.4, -0.2) is 21.5 Å². The van der Waals surface area contributed by atoms with Crippen LogP contribution in [0.5, 0.6) is 0 Å². The molecule has 1 heterocycles. The van der Waals surface area contributed by atoms with Crippen LogP contribution in [0.2, 0.25) is 0 Å². The summed E-state index contributed by atoms with van der Waals surface area (Å²) in [4.78, 5) is 16.8. The van der Waals surface area contributed by atoms with Crippen LogP contribution in [0.4, 0.5) is 0 Å². The molecule has 1 unspecified atom stereocenters. The maximum absolute atomic E-state index is 12.7. The molecule has 4 aromatic rings. The zero-order valence-corrected chi connectivity index (χ0v) is 16.1. The minimum Gasteiger partial charge on any atom is -0.348 e. The Hall–Kier alpha value is -3.66. The van der Waals surface area contributed by atoms with Crippen molar-refractivity contribution >= 4 is 22.8 Å². The SMILES string of the molecule is O=C(/C=C/c1cccc2ccccc12)NC(Cc1ccccc1)Cn1ccnc1. The number of rotatable bonds is 7. The van der Waals surface area contributed by atoms with E-state index in [0.29, 0.717) is 6.54 Å². The van der Waals surface area contributed by atoms with E-state index < -0.39 is 0 Å². The number of fused-ring (bicyclic) bond motifs is 1. The average molecular weight is 381 g/mol. The van der Waals surface area contributed by atoms with Crippen LogP contribution in [0.1, 0.15) is 11.1 Å². The van der Waals surface area contributed by atoms with Gasteiger partial charge in [-0.3, -0.25) is 4.79 Å². The molecule has 1 N–H and O–H groups in total. The largest absolute Gasteiger partial charge is 0.348 e. The first kappa shape index (κ1) is 18.7. The third-order valence-corrected chi connectivity index (χ3v) is 4.90. The molecule has 1 atom stereocenters. The second kappa shape index (κ2) is 9.02. The summed E-state index contributed by atoms with van der Waals surface area (Å²) in [7, 11) is 0. The second-order valence-corrected chi connectivity index (χ2v) is 7.06. The van der Waals surface area contributed by atoms with Gasteiger partial charge in [-0.05, 0) is 34.4 Å². The summed E-state index contributed by atoms with van der Waals surface area (Å²) >= 11 is 0. The van der Waals surface area contributed by atoms with Crippen molar-refractivity contribution < 1.29 is 4.79 Å². The Kier molecular flexibility index (Phi) is 5.81. The van der Waals surface area contributed by atoms with Crippen LogP contribution >= 0.6 is 0 Å². The number of hydrogen-bond acceptors (Lipinski definition) is 2. The van der Waals surface area contributed by atoms with E-state index in [9.17, 15) is 4.79 Å². The molecule has 1 amide bonds. The van der Waals surface area contributed by atoms with Crippen LogP contribution < -0.4 is 5.32 Å². The number of benzene rings is 3. The Morgan fingerprint density at radius 1 is 1.00 bits per heavy atom. The molecule has 0 radical (unpaired) electrons. The number of carbonyl (C=O) groups is 1. The molecule has 0 aliphatic heterocycles. The maximum Gasteiger partial charge on any atom is 0.244 e. The third-order valence-electron chi connectivity index (χ3n) is 4.90. The summed E-state index contributed by atoms with van der Waals surface area (Å²) in [6.07, 6.45) is 9.70. The predicted octanol–water partition coefficient (Wildman–Crippen LogP) is 4.48. The zero-order chi connectivity index (χ0) is 19.9. The Balaban J connectivity index is 1.48. The fraction of sp³-hybridized carbons (Fsp3) is 0.120. The molecule has 0 aliphatic rings. The maximum atomic E-state index is 12.7. The highest BCUT2D eigenvalue weighted by atomic mass is 16.1. The molecular weight excluding hydrogens is 358 g/mol. The first-order valence-electron chi connectivity index (χ1n) is 9.74. The van der Waals surface area contributed by atoms with Crippen molar-refractivity contribution in [1.29, 1.82) is 0 Å². The van der Waals surface area contributed by atoms with E-state index in [1.165, 1.54) is 5.56 Å². The molecule has 0 spiro atoms. The first-order valence-corrected chi connectivity index (χ1v) is 9.74. The third kappa shape index (κ3) is 4.99. The van der Waals surface area contributed by atoms with E-state index in [-0.39, 0.29) is 11.9 Å². The van der Waals surface area contributed by atoms with E-state index >= 15 is 0 Å². The molecule has 0 saturated heterocycles. The van der Waals surface area contributed by atoms with Crippen LogP contribution in [0.3, 0.4) is 0 Å². The molecule has 0 bridgehead atoms. The van der Waals surface area contributed by atoms with Gasteiger partial charge in [0.25, 0.3) is 0 Å². The lowest BCUT2D eigenvalue weighted by molar-refractivity contribution is -0.117. The lowest BCUT2D eigenvalue weighted by Gasteiger charge is -2.18. The van der Waals surface area contributed by atoms with E-state index in [0.717, 1.165) is 22.8 Å². The fourth-order valence-electron chi connectivity index (χ4n) is 3.52. The van der Waals surface area contributed by atoms with Gasteiger partial charge in [-0.15, -0.1) is 0 Å². The molecule has 0 fully saturated rings. The highest BCUT2D eigenvalue weighted by Gasteiger charge is 2.12. The number of carbonyl (C=O) groups excluding carboxylic acids is 1. The van der Waals surface area contributed by atoms with E-state index in [4.69, 9.17) is 0 Å². The van der Waals surface area contributed by atoms with Gasteiger partial charge in [-0.1, -0.05) is 72.8 Å². The lowest BCUT2D eigenvalue weighted by Crippen LogP contribution is -2.38. The van der Waals surface area contributed by atoms with Crippen LogP contribution in [-0.2, 0) is 17.8 Å². The van der Waals surface area contributed by atoms with Crippen LogP contribution in [0, 0.1) is 0 Å². The highest BCUT2D eigenvalue weighted by molar-refractivity contribution is 5.96. The quantitative estimate of drug-likeness (QED) is 0.480. The van der Waals surface area contributed by atoms with Gasteiger partial charge < -0.3 is 9.88 Å². The zero-order valence-electron chi connectivity index (χ0n) is 16.1. The van der Waals surface area contributed by atoms with Crippen LogP contribution in [0.25, 0.3) is 16.8 Å². The second-order valence-electron chi connectivity index (χ2n) is 7.06. The smallest absolute Gasteiger partial charge is 0.244 e. The van der Waals surface area contributed by atoms with Crippen molar-refractivity contribution in [3.05, 3.63) is 109 Å². The number of amides is 1. The Labute approximate surface area is 170 Å². The normalized spacial score (nSPS) is 12.3. The molecule has 144 valence electrons. The van der Waals surface area contributed by atoms with Gasteiger partial charge in [0.1, 0.15) is 0 Å². The summed E-state index contributed by atoms with van der Waals surface area (Å²) in [5.41, 5.74) is 2.23. The van der Waals surface area contributed by atoms with Gasteiger partial charge in [-0.25, -0.2) is 4.98 Å². The Bertz CT molecular complexity index is 1100. The number of hydrogen-bond donors (Lipinski definition) is 1. The van der Waals surface area contributed by atoms with Crippen molar-refractivity contribution in [2.24, 2.45) is 0 Å². The van der Waals surface area contributed by atoms with Gasteiger partial charge in [0.15, 0.2) is 0 Å². The summed E-state index contributed by atoms with van der Waals surface area (Å²) in [5.74, 6) is -0.0982. The molecule has 4 nitrogen and oxygen atoms in total. The Morgan fingerprint density at radius 2 is 1.79 bits per heavy atom.